The Kier molecular flexibility index (Phi) is 7.43. The molecular weight excluding hydrogens is 383 g/mol. The third kappa shape index (κ3) is 6.49. The van der Waals surface area contributed by atoms with Gasteiger partial charge in [-0.05, 0) is 43.3 Å². The minimum atomic E-state index is -0.489. The van der Waals surface area contributed by atoms with Gasteiger partial charge in [0.15, 0.2) is 6.61 Å². The molecule has 0 aliphatic rings. The molecule has 2 N–H and O–H groups in total. The fourth-order valence-electron chi connectivity index (χ4n) is 1.74. The molecule has 8 heteroatoms. The number of para-hydroxylation sites is 1. The quantitative estimate of drug-likeness (QED) is 0.574. The summed E-state index contributed by atoms with van der Waals surface area (Å²) in [5.41, 5.74) is 4.67. The maximum absolute atomic E-state index is 12.0. The first-order valence-corrected chi connectivity index (χ1v) is 8.97. The van der Waals surface area contributed by atoms with Gasteiger partial charge in [-0.2, -0.15) is 0 Å². The summed E-state index contributed by atoms with van der Waals surface area (Å²) in [6.07, 6.45) is 0. The van der Waals surface area contributed by atoms with Crippen LogP contribution in [0.5, 0.6) is 5.75 Å². The third-order valence-electron chi connectivity index (χ3n) is 3.02. The molecule has 0 saturated carbocycles. The van der Waals surface area contributed by atoms with Crippen LogP contribution in [0.3, 0.4) is 0 Å². The molecule has 0 spiro atoms. The molecule has 0 aromatic heterocycles. The van der Waals surface area contributed by atoms with Crippen LogP contribution in [-0.2, 0) is 9.59 Å². The Morgan fingerprint density at radius 1 is 1.08 bits per heavy atom. The van der Waals surface area contributed by atoms with E-state index in [-0.39, 0.29) is 12.5 Å². The lowest BCUT2D eigenvalue weighted by atomic mass is 10.3. The molecule has 25 heavy (non-hydrogen) atoms. The Morgan fingerprint density at radius 3 is 2.44 bits per heavy atom. The highest BCUT2D eigenvalue weighted by molar-refractivity contribution is 8.00. The molecule has 2 rings (SSSR count). The average Bonchev–Trinajstić information content (AvgIpc) is 2.60. The predicted molar refractivity (Wildman–Crippen MR) is 100 cm³/mol. The molecule has 5 nitrogen and oxygen atoms in total. The van der Waals surface area contributed by atoms with E-state index in [1.807, 2.05) is 12.1 Å². The Labute approximate surface area is 160 Å². The molecule has 1 atom stereocenters. The van der Waals surface area contributed by atoms with Gasteiger partial charge in [0.2, 0.25) is 0 Å². The van der Waals surface area contributed by atoms with E-state index in [2.05, 4.69) is 10.9 Å². The van der Waals surface area contributed by atoms with E-state index in [4.69, 9.17) is 27.9 Å². The number of hydrogen-bond acceptors (Lipinski definition) is 4. The van der Waals surface area contributed by atoms with E-state index in [1.165, 1.54) is 11.8 Å². The number of thioether (sulfide) groups is 1. The van der Waals surface area contributed by atoms with Gasteiger partial charge < -0.3 is 4.74 Å². The third-order valence-corrected chi connectivity index (χ3v) is 4.69. The molecule has 0 bridgehead atoms. The van der Waals surface area contributed by atoms with Crippen molar-refractivity contribution in [3.8, 4) is 5.75 Å². The van der Waals surface area contributed by atoms with Crippen LogP contribution >= 0.6 is 35.0 Å². The molecule has 2 aromatic rings. The van der Waals surface area contributed by atoms with Gasteiger partial charge >= 0.3 is 0 Å². The SMILES string of the molecule is C[C@H](Sc1ccc(Cl)cc1)C(=O)NNC(=O)COc1ccccc1Cl. The van der Waals surface area contributed by atoms with Crippen molar-refractivity contribution in [2.24, 2.45) is 0 Å². The number of amides is 2. The number of halogens is 2. The summed E-state index contributed by atoms with van der Waals surface area (Å²) in [5, 5.41) is 0.644. The number of carbonyl (C=O) groups is 2. The van der Waals surface area contributed by atoms with E-state index in [9.17, 15) is 9.59 Å². The Bertz CT molecular complexity index is 741. The lowest BCUT2D eigenvalue weighted by Crippen LogP contribution is -2.46. The van der Waals surface area contributed by atoms with Crippen LogP contribution in [0.2, 0.25) is 10.0 Å². The maximum atomic E-state index is 12.0. The van der Waals surface area contributed by atoms with Crippen molar-refractivity contribution in [1.29, 1.82) is 0 Å². The van der Waals surface area contributed by atoms with Crippen LogP contribution in [0, 0.1) is 0 Å². The highest BCUT2D eigenvalue weighted by Gasteiger charge is 2.15. The molecular formula is C17H16Cl2N2O3S. The van der Waals surface area contributed by atoms with E-state index >= 15 is 0 Å². The van der Waals surface area contributed by atoms with Crippen molar-refractivity contribution in [2.75, 3.05) is 6.61 Å². The molecule has 0 saturated heterocycles. The Balaban J connectivity index is 1.74. The summed E-state index contributed by atoms with van der Waals surface area (Å²) in [4.78, 5) is 24.7. The summed E-state index contributed by atoms with van der Waals surface area (Å²) in [6, 6.07) is 14.0. The van der Waals surface area contributed by atoms with Crippen molar-refractivity contribution in [3.63, 3.8) is 0 Å². The smallest absolute Gasteiger partial charge is 0.276 e. The van der Waals surface area contributed by atoms with Crippen molar-refractivity contribution in [2.45, 2.75) is 17.1 Å². The molecule has 0 radical (unpaired) electrons. The van der Waals surface area contributed by atoms with Crippen LogP contribution in [0.15, 0.2) is 53.4 Å². The number of carbonyl (C=O) groups excluding carboxylic acids is 2. The maximum Gasteiger partial charge on any atom is 0.276 e. The predicted octanol–water partition coefficient (Wildman–Crippen LogP) is 3.70. The second kappa shape index (κ2) is 9.56. The zero-order valence-electron chi connectivity index (χ0n) is 13.3. The van der Waals surface area contributed by atoms with Gasteiger partial charge in [0, 0.05) is 9.92 Å². The molecule has 132 valence electrons. The largest absolute Gasteiger partial charge is 0.482 e. The number of benzene rings is 2. The standard InChI is InChI=1S/C17H16Cl2N2O3S/c1-11(25-13-8-6-12(18)7-9-13)17(23)21-20-16(22)10-24-15-5-3-2-4-14(15)19/h2-9,11H,10H2,1H3,(H,20,22)(H,21,23)/t11-/m0/s1. The minimum Gasteiger partial charge on any atom is -0.482 e. The van der Waals surface area contributed by atoms with Gasteiger partial charge in [-0.3, -0.25) is 20.4 Å². The number of hydrazine groups is 1. The number of ether oxygens (including phenoxy) is 1. The van der Waals surface area contributed by atoms with Gasteiger partial charge in [0.05, 0.1) is 10.3 Å². The fraction of sp³-hybridized carbons (Fsp3) is 0.176. The second-order valence-corrected chi connectivity index (χ2v) is 7.23. The Morgan fingerprint density at radius 2 is 1.76 bits per heavy atom. The summed E-state index contributed by atoms with van der Waals surface area (Å²) in [5.74, 6) is -0.416. The van der Waals surface area contributed by atoms with Crippen LogP contribution in [0.4, 0.5) is 0 Å². The molecule has 2 aromatic carbocycles. The average molecular weight is 399 g/mol. The summed E-state index contributed by atoms with van der Waals surface area (Å²) < 4.78 is 5.29. The molecule has 0 heterocycles. The fourth-order valence-corrected chi connectivity index (χ4v) is 2.93. The Hall–Kier alpha value is -1.89. The van der Waals surface area contributed by atoms with Gasteiger partial charge in [-0.15, -0.1) is 11.8 Å². The van der Waals surface area contributed by atoms with E-state index in [0.717, 1.165) is 4.90 Å². The van der Waals surface area contributed by atoms with Crippen LogP contribution in [-0.4, -0.2) is 23.7 Å². The molecule has 0 fully saturated rings. The minimum absolute atomic E-state index is 0.261. The molecule has 0 unspecified atom stereocenters. The lowest BCUT2D eigenvalue weighted by Gasteiger charge is -2.13. The van der Waals surface area contributed by atoms with E-state index < -0.39 is 11.2 Å². The van der Waals surface area contributed by atoms with Gasteiger partial charge in [-0.1, -0.05) is 35.3 Å². The van der Waals surface area contributed by atoms with Gasteiger partial charge in [-0.25, -0.2) is 0 Å². The molecule has 0 aliphatic heterocycles. The summed E-state index contributed by atoms with van der Waals surface area (Å²) >= 11 is 13.1. The normalized spacial score (nSPS) is 11.5. The molecule has 2 amide bonds. The number of rotatable bonds is 6. The summed E-state index contributed by atoms with van der Waals surface area (Å²) in [7, 11) is 0. The summed E-state index contributed by atoms with van der Waals surface area (Å²) in [6.45, 7) is 1.48. The lowest BCUT2D eigenvalue weighted by molar-refractivity contribution is -0.129. The van der Waals surface area contributed by atoms with Crippen molar-refractivity contribution >= 4 is 46.8 Å². The van der Waals surface area contributed by atoms with Crippen LogP contribution < -0.4 is 15.6 Å². The van der Waals surface area contributed by atoms with E-state index in [1.54, 1.807) is 43.3 Å². The van der Waals surface area contributed by atoms with Crippen molar-refractivity contribution in [3.05, 3.63) is 58.6 Å². The topological polar surface area (TPSA) is 67.4 Å². The van der Waals surface area contributed by atoms with Crippen LogP contribution in [0.1, 0.15) is 6.92 Å². The first kappa shape index (κ1) is 19.4. The zero-order chi connectivity index (χ0) is 18.2. The zero-order valence-corrected chi connectivity index (χ0v) is 15.6. The first-order chi connectivity index (χ1) is 12.0. The number of hydrogen-bond donors (Lipinski definition) is 2. The van der Waals surface area contributed by atoms with E-state index in [0.29, 0.717) is 15.8 Å². The van der Waals surface area contributed by atoms with Crippen LogP contribution in [0.25, 0.3) is 0 Å². The number of nitrogens with one attached hydrogen (secondary N) is 2. The monoisotopic (exact) mass is 398 g/mol. The molecule has 0 aliphatic carbocycles. The van der Waals surface area contributed by atoms with Gasteiger partial charge in [0.1, 0.15) is 5.75 Å². The highest BCUT2D eigenvalue weighted by atomic mass is 35.5. The van der Waals surface area contributed by atoms with Crippen molar-refractivity contribution in [1.82, 2.24) is 10.9 Å². The van der Waals surface area contributed by atoms with Crippen molar-refractivity contribution < 1.29 is 14.3 Å². The second-order valence-electron chi connectivity index (χ2n) is 4.97. The van der Waals surface area contributed by atoms with Gasteiger partial charge in [0.25, 0.3) is 11.8 Å². The highest BCUT2D eigenvalue weighted by Crippen LogP contribution is 2.24. The first-order valence-electron chi connectivity index (χ1n) is 7.34.